The lowest BCUT2D eigenvalue weighted by Gasteiger charge is -2.49. The van der Waals surface area contributed by atoms with Crippen molar-refractivity contribution in [2.24, 2.45) is 11.3 Å². The van der Waals surface area contributed by atoms with E-state index in [2.05, 4.69) is 0 Å². The zero-order valence-electron chi connectivity index (χ0n) is 16.9. The van der Waals surface area contributed by atoms with Crippen molar-refractivity contribution >= 4 is 11.9 Å². The number of amides is 1. The zero-order chi connectivity index (χ0) is 19.8. The van der Waals surface area contributed by atoms with Crippen LogP contribution in [0.1, 0.15) is 64.0 Å². The number of nitrogens with zero attached hydrogens (tertiary/aromatic N) is 1. The number of ether oxygens (including phenoxy) is 1. The highest BCUT2D eigenvalue weighted by Gasteiger charge is 2.54. The summed E-state index contributed by atoms with van der Waals surface area (Å²) in [5.74, 6) is 0.0182. The van der Waals surface area contributed by atoms with Gasteiger partial charge in [0, 0.05) is 12.0 Å². The number of benzene rings is 1. The zero-order valence-corrected chi connectivity index (χ0v) is 16.9. The highest BCUT2D eigenvalue weighted by Crippen LogP contribution is 2.47. The molecule has 1 aliphatic heterocycles. The largest absolute Gasteiger partial charge is 0.508 e. The lowest BCUT2D eigenvalue weighted by atomic mass is 9.73. The molecule has 3 rings (SSSR count). The molecule has 0 radical (unpaired) electrons. The summed E-state index contributed by atoms with van der Waals surface area (Å²) in [4.78, 5) is 28.4. The normalized spacial score (nSPS) is 23.2. The van der Waals surface area contributed by atoms with E-state index in [9.17, 15) is 14.7 Å². The van der Waals surface area contributed by atoms with Crippen LogP contribution in [0.4, 0.5) is 0 Å². The molecule has 1 heterocycles. The van der Waals surface area contributed by atoms with Gasteiger partial charge in [0.05, 0.1) is 7.11 Å². The van der Waals surface area contributed by atoms with Crippen LogP contribution in [0.15, 0.2) is 18.2 Å². The van der Waals surface area contributed by atoms with E-state index in [-0.39, 0.29) is 11.7 Å². The molecule has 5 heteroatoms. The summed E-state index contributed by atoms with van der Waals surface area (Å²) in [5, 5.41) is 10.2. The summed E-state index contributed by atoms with van der Waals surface area (Å²) in [6, 6.07) is 5.18. The molecule has 0 bridgehead atoms. The molecule has 1 fully saturated rings. The van der Waals surface area contributed by atoms with Crippen molar-refractivity contribution in [3.05, 3.63) is 29.3 Å². The number of phenols is 1. The van der Waals surface area contributed by atoms with Crippen LogP contribution in [0.2, 0.25) is 0 Å². The molecule has 0 aromatic heterocycles. The first-order valence-electron chi connectivity index (χ1n) is 9.93. The van der Waals surface area contributed by atoms with Crippen molar-refractivity contribution in [1.29, 1.82) is 0 Å². The van der Waals surface area contributed by atoms with Gasteiger partial charge in [-0.2, -0.15) is 0 Å². The minimum atomic E-state index is -1.17. The maximum Gasteiger partial charge on any atom is 0.336 e. The molecule has 0 spiro atoms. The van der Waals surface area contributed by atoms with Gasteiger partial charge in [0.2, 0.25) is 5.91 Å². The first-order chi connectivity index (χ1) is 12.7. The Labute approximate surface area is 161 Å². The molecule has 1 aromatic carbocycles. The van der Waals surface area contributed by atoms with Crippen molar-refractivity contribution < 1.29 is 19.4 Å². The fourth-order valence-electron chi connectivity index (χ4n) is 4.74. The molecular formula is C22H31NO4. The van der Waals surface area contributed by atoms with Gasteiger partial charge in [0.1, 0.15) is 5.75 Å². The topological polar surface area (TPSA) is 66.8 Å². The number of phenolic OH excluding ortho intramolecular Hbond substituents is 1. The molecule has 1 amide bonds. The number of fused-ring (bicyclic) bond motifs is 1. The highest BCUT2D eigenvalue weighted by molar-refractivity contribution is 5.92. The van der Waals surface area contributed by atoms with Gasteiger partial charge in [-0.3, -0.25) is 4.79 Å². The van der Waals surface area contributed by atoms with E-state index in [0.717, 1.165) is 36.8 Å². The standard InChI is InChI=1S/C22H31NO4/c1-21(2,3)19(25)23-12-11-16-9-10-17(24)13-18(16)22(23,20(26)27-4)14-15-7-5-6-8-15/h9-10,13,15,24H,5-8,11-12,14H2,1-4H3. The lowest BCUT2D eigenvalue weighted by molar-refractivity contribution is -0.169. The smallest absolute Gasteiger partial charge is 0.336 e. The van der Waals surface area contributed by atoms with E-state index >= 15 is 0 Å². The summed E-state index contributed by atoms with van der Waals surface area (Å²) in [6.07, 6.45) is 5.65. The quantitative estimate of drug-likeness (QED) is 0.819. The van der Waals surface area contributed by atoms with Crippen LogP contribution in [0, 0.1) is 11.3 Å². The number of methoxy groups -OCH3 is 1. The first-order valence-corrected chi connectivity index (χ1v) is 9.93. The average Bonchev–Trinajstić information content (AvgIpc) is 3.12. The molecule has 5 nitrogen and oxygen atoms in total. The van der Waals surface area contributed by atoms with Gasteiger partial charge in [-0.25, -0.2) is 4.79 Å². The van der Waals surface area contributed by atoms with Gasteiger partial charge in [0.25, 0.3) is 0 Å². The van der Waals surface area contributed by atoms with E-state index < -0.39 is 16.9 Å². The summed E-state index contributed by atoms with van der Waals surface area (Å²) >= 11 is 0. The van der Waals surface area contributed by atoms with Crippen molar-refractivity contribution in [2.75, 3.05) is 13.7 Å². The van der Waals surface area contributed by atoms with Crippen LogP contribution in [-0.4, -0.2) is 35.5 Å². The second kappa shape index (κ2) is 7.17. The monoisotopic (exact) mass is 373 g/mol. The Morgan fingerprint density at radius 2 is 1.93 bits per heavy atom. The Kier molecular flexibility index (Phi) is 5.24. The number of aromatic hydroxyl groups is 1. The van der Waals surface area contributed by atoms with Crippen LogP contribution in [-0.2, 0) is 26.3 Å². The molecule has 148 valence electrons. The summed E-state index contributed by atoms with van der Waals surface area (Å²) in [5.41, 5.74) is -0.0387. The molecule has 2 aliphatic rings. The van der Waals surface area contributed by atoms with Crippen LogP contribution in [0.25, 0.3) is 0 Å². The van der Waals surface area contributed by atoms with Gasteiger partial charge in [-0.15, -0.1) is 0 Å². The van der Waals surface area contributed by atoms with Crippen molar-refractivity contribution in [1.82, 2.24) is 4.90 Å². The highest BCUT2D eigenvalue weighted by atomic mass is 16.5. The Morgan fingerprint density at radius 1 is 1.26 bits per heavy atom. The number of hydrogen-bond donors (Lipinski definition) is 1. The third-order valence-corrected chi connectivity index (χ3v) is 6.07. The Balaban J connectivity index is 2.20. The van der Waals surface area contributed by atoms with E-state index in [0.29, 0.717) is 25.3 Å². The second-order valence-electron chi connectivity index (χ2n) is 9.00. The van der Waals surface area contributed by atoms with Crippen molar-refractivity contribution in [2.45, 2.75) is 64.8 Å². The summed E-state index contributed by atoms with van der Waals surface area (Å²) in [7, 11) is 1.38. The molecule has 1 N–H and O–H groups in total. The Bertz CT molecular complexity index is 730. The average molecular weight is 373 g/mol. The fraction of sp³-hybridized carbons (Fsp3) is 0.636. The third kappa shape index (κ3) is 3.44. The van der Waals surface area contributed by atoms with Gasteiger partial charge < -0.3 is 14.7 Å². The number of hydrogen-bond acceptors (Lipinski definition) is 4. The lowest BCUT2D eigenvalue weighted by Crippen LogP contribution is -2.61. The van der Waals surface area contributed by atoms with E-state index in [4.69, 9.17) is 4.74 Å². The minimum Gasteiger partial charge on any atom is -0.508 e. The predicted molar refractivity (Wildman–Crippen MR) is 103 cm³/mol. The molecular weight excluding hydrogens is 342 g/mol. The third-order valence-electron chi connectivity index (χ3n) is 6.07. The Hall–Kier alpha value is -2.04. The molecule has 1 aromatic rings. The van der Waals surface area contributed by atoms with Crippen LogP contribution in [0.3, 0.4) is 0 Å². The molecule has 1 unspecified atom stereocenters. The number of carbonyl (C=O) groups excluding carboxylic acids is 2. The van der Waals surface area contributed by atoms with Crippen molar-refractivity contribution in [3.63, 3.8) is 0 Å². The second-order valence-corrected chi connectivity index (χ2v) is 9.00. The van der Waals surface area contributed by atoms with E-state index in [1.54, 1.807) is 17.0 Å². The predicted octanol–water partition coefficient (Wildman–Crippen LogP) is 3.77. The first kappa shape index (κ1) is 19.7. The fourth-order valence-corrected chi connectivity index (χ4v) is 4.74. The number of carbonyl (C=O) groups is 2. The molecule has 1 saturated carbocycles. The van der Waals surface area contributed by atoms with Gasteiger partial charge >= 0.3 is 5.97 Å². The molecule has 0 saturated heterocycles. The molecule has 27 heavy (non-hydrogen) atoms. The van der Waals surface area contributed by atoms with Crippen LogP contribution >= 0.6 is 0 Å². The Morgan fingerprint density at radius 3 is 2.52 bits per heavy atom. The minimum absolute atomic E-state index is 0.0557. The van der Waals surface area contributed by atoms with Crippen molar-refractivity contribution in [3.8, 4) is 5.75 Å². The maximum atomic E-state index is 13.4. The number of esters is 1. The summed E-state index contributed by atoms with van der Waals surface area (Å²) < 4.78 is 5.28. The molecule has 1 aliphatic carbocycles. The van der Waals surface area contributed by atoms with E-state index in [1.807, 2.05) is 26.8 Å². The number of rotatable bonds is 3. The van der Waals surface area contributed by atoms with Gasteiger partial charge in [-0.05, 0) is 42.0 Å². The van der Waals surface area contributed by atoms with Crippen LogP contribution in [0.5, 0.6) is 5.75 Å². The van der Waals surface area contributed by atoms with Gasteiger partial charge in [-0.1, -0.05) is 52.5 Å². The maximum absolute atomic E-state index is 13.4. The SMILES string of the molecule is COC(=O)C1(CC2CCCC2)c2cc(O)ccc2CCN1C(=O)C(C)(C)C. The molecule has 1 atom stereocenters. The van der Waals surface area contributed by atoms with Gasteiger partial charge in [0.15, 0.2) is 5.54 Å². The van der Waals surface area contributed by atoms with E-state index in [1.165, 1.54) is 7.11 Å². The van der Waals surface area contributed by atoms with Crippen LogP contribution < -0.4 is 0 Å². The summed E-state index contributed by atoms with van der Waals surface area (Å²) in [6.45, 7) is 6.12.